The summed E-state index contributed by atoms with van der Waals surface area (Å²) in [5.74, 6) is 0. The third-order valence-corrected chi connectivity index (χ3v) is 3.08. The first-order valence-corrected chi connectivity index (χ1v) is 5.46. The van der Waals surface area contributed by atoms with Crippen molar-refractivity contribution in [3.05, 3.63) is 16.0 Å². The van der Waals surface area contributed by atoms with Crippen LogP contribution < -0.4 is 0 Å². The van der Waals surface area contributed by atoms with Gasteiger partial charge >= 0.3 is 0 Å². The van der Waals surface area contributed by atoms with Gasteiger partial charge in [-0.2, -0.15) is 9.64 Å². The topological polar surface area (TPSA) is 85.4 Å². The summed E-state index contributed by atoms with van der Waals surface area (Å²) in [6.45, 7) is 4.02. The first-order chi connectivity index (χ1) is 6.69. The molecule has 0 unspecified atom stereocenters. The maximum absolute atomic E-state index is 8.85. The monoisotopic (exact) mass is 225 g/mol. The van der Waals surface area contributed by atoms with Gasteiger partial charge in [-0.25, -0.2) is 0 Å². The average molecular weight is 225 g/mol. The van der Waals surface area contributed by atoms with E-state index < -0.39 is 0 Å². The number of hydrogen-bond acceptors (Lipinski definition) is 5. The minimum Gasteiger partial charge on any atom is -0.192 e. The van der Waals surface area contributed by atoms with E-state index >= 15 is 0 Å². The maximum Gasteiger partial charge on any atom is 0.130 e. The Hall–Kier alpha value is -1.22. The summed E-state index contributed by atoms with van der Waals surface area (Å²) in [6, 6.07) is 2.00. The van der Waals surface area contributed by atoms with Crippen molar-refractivity contribution in [3.63, 3.8) is 0 Å². The van der Waals surface area contributed by atoms with Crippen molar-refractivity contribution in [3.8, 4) is 6.07 Å². The number of aromatic nitrogens is 1. The Morgan fingerprint density at radius 3 is 2.93 bits per heavy atom. The van der Waals surface area contributed by atoms with Crippen molar-refractivity contribution in [1.82, 2.24) is 4.37 Å². The molecular formula is C7H7N5S2. The van der Waals surface area contributed by atoms with E-state index in [-0.39, 0.29) is 0 Å². The van der Waals surface area contributed by atoms with Gasteiger partial charge < -0.3 is 0 Å². The maximum atomic E-state index is 8.85. The van der Waals surface area contributed by atoms with Crippen molar-refractivity contribution in [2.75, 3.05) is 0 Å². The predicted molar refractivity (Wildman–Crippen MR) is 56.6 cm³/mol. The van der Waals surface area contributed by atoms with Crippen LogP contribution in [0, 0.1) is 11.3 Å². The molecule has 1 rings (SSSR count). The third kappa shape index (κ3) is 2.39. The number of nitrogens with zero attached hydrogens (tertiary/aromatic N) is 5. The van der Waals surface area contributed by atoms with E-state index in [2.05, 4.69) is 14.4 Å². The first kappa shape index (κ1) is 10.9. The molecule has 1 heterocycles. The van der Waals surface area contributed by atoms with Crippen molar-refractivity contribution in [2.45, 2.75) is 24.1 Å². The highest BCUT2D eigenvalue weighted by atomic mass is 32.2. The quantitative estimate of drug-likeness (QED) is 0.341. The highest BCUT2D eigenvalue weighted by Crippen LogP contribution is 2.34. The lowest BCUT2D eigenvalue weighted by Crippen LogP contribution is -1.87. The van der Waals surface area contributed by atoms with Gasteiger partial charge in [0, 0.05) is 10.2 Å². The van der Waals surface area contributed by atoms with Gasteiger partial charge in [0.25, 0.3) is 0 Å². The normalized spacial score (nSPS) is 9.57. The Labute approximate surface area is 89.5 Å². The third-order valence-electron chi connectivity index (χ3n) is 1.24. The lowest BCUT2D eigenvalue weighted by Gasteiger charge is -1.99. The van der Waals surface area contributed by atoms with Crippen molar-refractivity contribution < 1.29 is 0 Å². The van der Waals surface area contributed by atoms with Crippen LogP contribution in [0.15, 0.2) is 10.1 Å². The van der Waals surface area contributed by atoms with Crippen LogP contribution >= 0.6 is 23.3 Å². The fourth-order valence-corrected chi connectivity index (χ4v) is 2.40. The molecule has 0 radical (unpaired) electrons. The van der Waals surface area contributed by atoms with E-state index in [1.165, 1.54) is 11.8 Å². The molecule has 0 aliphatic rings. The number of thioether (sulfide) groups is 1. The number of rotatable bonds is 3. The summed E-state index contributed by atoms with van der Waals surface area (Å²) < 4.78 is 4.06. The highest BCUT2D eigenvalue weighted by molar-refractivity contribution is 7.99. The van der Waals surface area contributed by atoms with Gasteiger partial charge in [0.15, 0.2) is 0 Å². The SMILES string of the molecule is CC(C)Sc1nsc(N=[N+]=[N-])c1C#N. The molecule has 5 nitrogen and oxygen atoms in total. The van der Waals surface area contributed by atoms with Gasteiger partial charge in [0.1, 0.15) is 21.7 Å². The van der Waals surface area contributed by atoms with Crippen molar-refractivity contribution >= 4 is 28.3 Å². The second kappa shape index (κ2) is 4.86. The van der Waals surface area contributed by atoms with Gasteiger partial charge in [-0.3, -0.25) is 0 Å². The fraction of sp³-hybridized carbons (Fsp3) is 0.429. The Kier molecular flexibility index (Phi) is 3.77. The molecular weight excluding hydrogens is 218 g/mol. The molecule has 0 atom stereocenters. The zero-order valence-corrected chi connectivity index (χ0v) is 9.26. The second-order valence-corrected chi connectivity index (χ2v) is 4.95. The van der Waals surface area contributed by atoms with Crippen LogP contribution in [0.3, 0.4) is 0 Å². The Morgan fingerprint density at radius 2 is 2.43 bits per heavy atom. The largest absolute Gasteiger partial charge is 0.192 e. The molecule has 0 saturated heterocycles. The molecule has 72 valence electrons. The minimum absolute atomic E-state index is 0.346. The zero-order chi connectivity index (χ0) is 10.6. The Morgan fingerprint density at radius 1 is 1.71 bits per heavy atom. The van der Waals surface area contributed by atoms with Crippen LogP contribution in [0.2, 0.25) is 0 Å². The minimum atomic E-state index is 0.346. The second-order valence-electron chi connectivity index (χ2n) is 2.64. The Balaban J connectivity index is 3.08. The van der Waals surface area contributed by atoms with E-state index in [0.717, 1.165) is 11.5 Å². The van der Waals surface area contributed by atoms with Gasteiger partial charge in [-0.05, 0) is 22.2 Å². The molecule has 0 spiro atoms. The predicted octanol–water partition coefficient (Wildman–Crippen LogP) is 3.46. The van der Waals surface area contributed by atoms with Crippen LogP contribution in [0.5, 0.6) is 0 Å². The van der Waals surface area contributed by atoms with Gasteiger partial charge in [0.05, 0.1) is 0 Å². The molecule has 14 heavy (non-hydrogen) atoms. The molecule has 0 aliphatic carbocycles. The number of azide groups is 1. The van der Waals surface area contributed by atoms with Gasteiger partial charge in [-0.1, -0.05) is 13.8 Å². The number of nitriles is 1. The lowest BCUT2D eigenvalue weighted by atomic mass is 10.4. The van der Waals surface area contributed by atoms with E-state index in [0.29, 0.717) is 20.8 Å². The fourth-order valence-electron chi connectivity index (χ4n) is 0.776. The molecule has 0 amide bonds. The van der Waals surface area contributed by atoms with E-state index in [4.69, 9.17) is 10.8 Å². The lowest BCUT2D eigenvalue weighted by molar-refractivity contribution is 1.10. The molecule has 1 aromatic heterocycles. The van der Waals surface area contributed by atoms with Crippen molar-refractivity contribution in [2.24, 2.45) is 5.11 Å². The van der Waals surface area contributed by atoms with E-state index in [9.17, 15) is 0 Å². The molecule has 0 saturated carbocycles. The average Bonchev–Trinajstić information content (AvgIpc) is 2.47. The number of hydrogen-bond donors (Lipinski definition) is 0. The molecule has 0 fully saturated rings. The molecule has 0 aromatic carbocycles. The smallest absolute Gasteiger partial charge is 0.130 e. The van der Waals surface area contributed by atoms with E-state index in [1.54, 1.807) is 0 Å². The van der Waals surface area contributed by atoms with Crippen LogP contribution in [0.1, 0.15) is 19.4 Å². The molecule has 0 bridgehead atoms. The Bertz CT molecular complexity index is 410. The van der Waals surface area contributed by atoms with Crippen LogP contribution in [-0.4, -0.2) is 9.62 Å². The summed E-state index contributed by atoms with van der Waals surface area (Å²) in [6.07, 6.45) is 0. The van der Waals surface area contributed by atoms with Crippen molar-refractivity contribution in [1.29, 1.82) is 5.26 Å². The summed E-state index contributed by atoms with van der Waals surface area (Å²) in [7, 11) is 0. The summed E-state index contributed by atoms with van der Waals surface area (Å²) in [5.41, 5.74) is 8.63. The zero-order valence-electron chi connectivity index (χ0n) is 7.63. The van der Waals surface area contributed by atoms with Crippen LogP contribution in [-0.2, 0) is 0 Å². The molecule has 7 heteroatoms. The van der Waals surface area contributed by atoms with Gasteiger partial charge in [-0.15, -0.1) is 11.8 Å². The summed E-state index contributed by atoms with van der Waals surface area (Å²) in [4.78, 5) is 2.64. The standard InChI is InChI=1S/C7H7N5S2/c1-4(2)13-7-5(3-8)6(10-12-9)14-11-7/h4H,1-2H3. The molecule has 0 aliphatic heterocycles. The summed E-state index contributed by atoms with van der Waals surface area (Å²) >= 11 is 2.54. The molecule has 1 aromatic rings. The first-order valence-electron chi connectivity index (χ1n) is 3.80. The highest BCUT2D eigenvalue weighted by Gasteiger charge is 2.13. The van der Waals surface area contributed by atoms with E-state index in [1.807, 2.05) is 19.9 Å². The molecule has 0 N–H and O–H groups in total. The summed E-state index contributed by atoms with van der Waals surface area (Å²) in [5, 5.41) is 13.6. The van der Waals surface area contributed by atoms with Gasteiger partial charge in [0.2, 0.25) is 0 Å². The van der Waals surface area contributed by atoms with Crippen LogP contribution in [0.25, 0.3) is 10.4 Å². The van der Waals surface area contributed by atoms with Crippen LogP contribution in [0.4, 0.5) is 5.00 Å².